The summed E-state index contributed by atoms with van der Waals surface area (Å²) in [6.45, 7) is 4.24. The van der Waals surface area contributed by atoms with Crippen molar-refractivity contribution < 1.29 is 0 Å². The molecule has 0 spiro atoms. The number of hydrogen-bond acceptors (Lipinski definition) is 2. The van der Waals surface area contributed by atoms with Gasteiger partial charge in [-0.25, -0.2) is 0 Å². The van der Waals surface area contributed by atoms with Gasteiger partial charge in [-0.1, -0.05) is 37.6 Å². The second-order valence-electron chi connectivity index (χ2n) is 3.38. The van der Waals surface area contributed by atoms with Crippen LogP contribution in [-0.4, -0.2) is 0 Å². The predicted octanol–water partition coefficient (Wildman–Crippen LogP) is 2.16. The van der Waals surface area contributed by atoms with Gasteiger partial charge in [-0.05, 0) is 24.5 Å². The lowest BCUT2D eigenvalue weighted by Crippen LogP contribution is -2.25. The molecule has 72 valence electrons. The van der Waals surface area contributed by atoms with Gasteiger partial charge in [-0.15, -0.1) is 0 Å². The molecule has 0 saturated heterocycles. The topological polar surface area (TPSA) is 38.0 Å². The van der Waals surface area contributed by atoms with Gasteiger partial charge in [0, 0.05) is 6.04 Å². The zero-order valence-electron chi connectivity index (χ0n) is 8.38. The SMILES string of the molecule is CCCc1ccc([C@@H](C)NN)cc1. The van der Waals surface area contributed by atoms with Gasteiger partial charge in [-0.3, -0.25) is 11.3 Å². The Labute approximate surface area is 80.1 Å². The first-order valence-electron chi connectivity index (χ1n) is 4.83. The molecule has 2 nitrogen and oxygen atoms in total. The summed E-state index contributed by atoms with van der Waals surface area (Å²) in [6, 6.07) is 8.85. The summed E-state index contributed by atoms with van der Waals surface area (Å²) in [5.41, 5.74) is 5.37. The number of nitrogens with two attached hydrogens (primary N) is 1. The number of nitrogens with one attached hydrogen (secondary N) is 1. The molecule has 1 atom stereocenters. The van der Waals surface area contributed by atoms with E-state index in [1.807, 2.05) is 0 Å². The van der Waals surface area contributed by atoms with E-state index < -0.39 is 0 Å². The lowest BCUT2D eigenvalue weighted by molar-refractivity contribution is 0.602. The Hall–Kier alpha value is -0.860. The Balaban J connectivity index is 2.69. The van der Waals surface area contributed by atoms with Crippen molar-refractivity contribution in [2.75, 3.05) is 0 Å². The zero-order valence-corrected chi connectivity index (χ0v) is 8.38. The largest absolute Gasteiger partial charge is 0.271 e. The number of hydrogen-bond donors (Lipinski definition) is 2. The average Bonchev–Trinajstić information content (AvgIpc) is 2.18. The molecule has 0 bridgehead atoms. The highest BCUT2D eigenvalue weighted by molar-refractivity contribution is 5.24. The van der Waals surface area contributed by atoms with Crippen LogP contribution in [0.5, 0.6) is 0 Å². The Morgan fingerprint density at radius 3 is 2.38 bits per heavy atom. The first kappa shape index (κ1) is 10.2. The quantitative estimate of drug-likeness (QED) is 0.547. The first-order chi connectivity index (χ1) is 6.27. The minimum absolute atomic E-state index is 0.232. The molecule has 0 fully saturated rings. The Bertz CT molecular complexity index is 241. The minimum atomic E-state index is 0.232. The Morgan fingerprint density at radius 2 is 1.92 bits per heavy atom. The van der Waals surface area contributed by atoms with Gasteiger partial charge in [0.1, 0.15) is 0 Å². The second kappa shape index (κ2) is 5.00. The van der Waals surface area contributed by atoms with Crippen molar-refractivity contribution in [3.63, 3.8) is 0 Å². The molecule has 0 aliphatic carbocycles. The van der Waals surface area contributed by atoms with Crippen molar-refractivity contribution >= 4 is 0 Å². The molecule has 0 heterocycles. The first-order valence-corrected chi connectivity index (χ1v) is 4.83. The van der Waals surface area contributed by atoms with Gasteiger partial charge in [-0.2, -0.15) is 0 Å². The van der Waals surface area contributed by atoms with E-state index in [0.29, 0.717) is 0 Å². The molecule has 2 heteroatoms. The minimum Gasteiger partial charge on any atom is -0.271 e. The Morgan fingerprint density at radius 1 is 1.31 bits per heavy atom. The van der Waals surface area contributed by atoms with E-state index in [4.69, 9.17) is 5.84 Å². The van der Waals surface area contributed by atoms with Crippen LogP contribution in [0.25, 0.3) is 0 Å². The maximum absolute atomic E-state index is 5.35. The summed E-state index contributed by atoms with van der Waals surface area (Å²) in [5.74, 6) is 5.35. The van der Waals surface area contributed by atoms with Crippen molar-refractivity contribution in [1.29, 1.82) is 0 Å². The van der Waals surface area contributed by atoms with Crippen LogP contribution in [0.3, 0.4) is 0 Å². The molecule has 0 unspecified atom stereocenters. The van der Waals surface area contributed by atoms with Gasteiger partial charge in [0.2, 0.25) is 0 Å². The summed E-state index contributed by atoms with van der Waals surface area (Å²) >= 11 is 0. The van der Waals surface area contributed by atoms with Crippen molar-refractivity contribution in [3.05, 3.63) is 35.4 Å². The van der Waals surface area contributed by atoms with Gasteiger partial charge >= 0.3 is 0 Å². The lowest BCUT2D eigenvalue weighted by atomic mass is 10.0. The molecule has 1 aromatic carbocycles. The lowest BCUT2D eigenvalue weighted by Gasteiger charge is -2.10. The molecule has 0 radical (unpaired) electrons. The summed E-state index contributed by atoms with van der Waals surface area (Å²) < 4.78 is 0. The number of aryl methyl sites for hydroxylation is 1. The van der Waals surface area contributed by atoms with Crippen LogP contribution in [0.4, 0.5) is 0 Å². The van der Waals surface area contributed by atoms with E-state index in [9.17, 15) is 0 Å². The molecule has 1 rings (SSSR count). The number of hydrazine groups is 1. The molecule has 3 N–H and O–H groups in total. The van der Waals surface area contributed by atoms with Crippen molar-refractivity contribution in [3.8, 4) is 0 Å². The summed E-state index contributed by atoms with van der Waals surface area (Å²) in [4.78, 5) is 0. The highest BCUT2D eigenvalue weighted by atomic mass is 15.2. The van der Waals surface area contributed by atoms with E-state index in [0.717, 1.165) is 6.42 Å². The van der Waals surface area contributed by atoms with E-state index in [1.165, 1.54) is 17.5 Å². The van der Waals surface area contributed by atoms with Crippen molar-refractivity contribution in [2.45, 2.75) is 32.7 Å². The fourth-order valence-electron chi connectivity index (χ4n) is 1.36. The maximum atomic E-state index is 5.35. The third kappa shape index (κ3) is 2.83. The van der Waals surface area contributed by atoms with Crippen molar-refractivity contribution in [1.82, 2.24) is 5.43 Å². The molecule has 13 heavy (non-hydrogen) atoms. The third-order valence-electron chi connectivity index (χ3n) is 2.27. The summed E-state index contributed by atoms with van der Waals surface area (Å²) in [6.07, 6.45) is 2.36. The summed E-state index contributed by atoms with van der Waals surface area (Å²) in [5, 5.41) is 0. The normalized spacial score (nSPS) is 12.8. The van der Waals surface area contributed by atoms with Gasteiger partial charge in [0.15, 0.2) is 0 Å². The predicted molar refractivity (Wildman–Crippen MR) is 56.2 cm³/mol. The number of rotatable bonds is 4. The van der Waals surface area contributed by atoms with E-state index in [2.05, 4.69) is 43.5 Å². The smallest absolute Gasteiger partial charge is 0.0431 e. The van der Waals surface area contributed by atoms with E-state index >= 15 is 0 Å². The molecular weight excluding hydrogens is 160 g/mol. The van der Waals surface area contributed by atoms with Gasteiger partial charge < -0.3 is 0 Å². The maximum Gasteiger partial charge on any atom is 0.0431 e. The molecule has 0 aliphatic rings. The summed E-state index contributed by atoms with van der Waals surface area (Å²) in [7, 11) is 0. The van der Waals surface area contributed by atoms with Crippen LogP contribution in [-0.2, 0) is 6.42 Å². The molecule has 0 aromatic heterocycles. The van der Waals surface area contributed by atoms with Crippen molar-refractivity contribution in [2.24, 2.45) is 5.84 Å². The van der Waals surface area contributed by atoms with E-state index in [1.54, 1.807) is 0 Å². The van der Waals surface area contributed by atoms with Gasteiger partial charge in [0.25, 0.3) is 0 Å². The van der Waals surface area contributed by atoms with Crippen LogP contribution in [0, 0.1) is 0 Å². The fraction of sp³-hybridized carbons (Fsp3) is 0.455. The number of benzene rings is 1. The van der Waals surface area contributed by atoms with Crippen LogP contribution in [0.1, 0.15) is 37.4 Å². The Kier molecular flexibility index (Phi) is 3.93. The fourth-order valence-corrected chi connectivity index (χ4v) is 1.36. The van der Waals surface area contributed by atoms with Crippen LogP contribution >= 0.6 is 0 Å². The van der Waals surface area contributed by atoms with Gasteiger partial charge in [0.05, 0.1) is 0 Å². The highest BCUT2D eigenvalue weighted by Crippen LogP contribution is 2.12. The van der Waals surface area contributed by atoms with Crippen LogP contribution < -0.4 is 11.3 Å². The molecule has 1 aromatic rings. The van der Waals surface area contributed by atoms with Crippen LogP contribution in [0.15, 0.2) is 24.3 Å². The standard InChI is InChI=1S/C11H18N2/c1-3-4-10-5-7-11(8-6-10)9(2)13-12/h5-9,13H,3-4,12H2,1-2H3/t9-/m1/s1. The molecule has 0 amide bonds. The molecular formula is C11H18N2. The monoisotopic (exact) mass is 178 g/mol. The average molecular weight is 178 g/mol. The molecule has 0 saturated carbocycles. The molecule has 0 aliphatic heterocycles. The van der Waals surface area contributed by atoms with Crippen LogP contribution in [0.2, 0.25) is 0 Å². The zero-order chi connectivity index (χ0) is 9.68. The third-order valence-corrected chi connectivity index (χ3v) is 2.27. The second-order valence-corrected chi connectivity index (χ2v) is 3.38. The van der Waals surface area contributed by atoms with E-state index in [-0.39, 0.29) is 6.04 Å². The highest BCUT2D eigenvalue weighted by Gasteiger charge is 2.01.